The zero-order valence-electron chi connectivity index (χ0n) is 11.2. The molecule has 0 saturated heterocycles. The number of rotatable bonds is 3. The van der Waals surface area contributed by atoms with Crippen molar-refractivity contribution < 1.29 is 10.2 Å². The average molecular weight is 257 g/mol. The topological polar surface area (TPSA) is 66.5 Å². The third kappa shape index (κ3) is 2.78. The summed E-state index contributed by atoms with van der Waals surface area (Å²) in [6.07, 6.45) is -0.791. The zero-order valence-corrected chi connectivity index (χ0v) is 11.2. The van der Waals surface area contributed by atoms with Crippen LogP contribution in [0.5, 0.6) is 5.75 Å². The van der Waals surface area contributed by atoms with Crippen LogP contribution in [0.4, 0.5) is 0 Å². The summed E-state index contributed by atoms with van der Waals surface area (Å²) >= 11 is 0. The molecule has 2 atom stereocenters. The summed E-state index contributed by atoms with van der Waals surface area (Å²) in [4.78, 5) is 0. The molecule has 19 heavy (non-hydrogen) atoms. The highest BCUT2D eigenvalue weighted by Crippen LogP contribution is 2.31. The van der Waals surface area contributed by atoms with Gasteiger partial charge in [-0.1, -0.05) is 30.3 Å². The number of aliphatic hydroxyl groups is 1. The molecular formula is C16H19NO2. The van der Waals surface area contributed by atoms with Crippen LogP contribution in [-0.2, 0) is 0 Å². The van der Waals surface area contributed by atoms with Crippen molar-refractivity contribution in [2.24, 2.45) is 5.73 Å². The van der Waals surface area contributed by atoms with Gasteiger partial charge in [0.2, 0.25) is 0 Å². The quantitative estimate of drug-likeness (QED) is 0.792. The smallest absolute Gasteiger partial charge is 0.121 e. The number of aryl methyl sites for hydroxylation is 2. The van der Waals surface area contributed by atoms with E-state index in [2.05, 4.69) is 0 Å². The Bertz CT molecular complexity index is 543. The fourth-order valence-corrected chi connectivity index (χ4v) is 2.23. The Morgan fingerprint density at radius 3 is 2.00 bits per heavy atom. The lowest BCUT2D eigenvalue weighted by Gasteiger charge is -2.21. The van der Waals surface area contributed by atoms with Gasteiger partial charge < -0.3 is 15.9 Å². The molecule has 3 nitrogen and oxygen atoms in total. The maximum atomic E-state index is 10.4. The first-order valence-electron chi connectivity index (χ1n) is 6.29. The largest absolute Gasteiger partial charge is 0.507 e. The molecule has 0 fully saturated rings. The van der Waals surface area contributed by atoms with Gasteiger partial charge in [-0.3, -0.25) is 0 Å². The molecule has 0 saturated carbocycles. The lowest BCUT2D eigenvalue weighted by atomic mass is 9.94. The van der Waals surface area contributed by atoms with Crippen molar-refractivity contribution in [3.8, 4) is 5.75 Å². The van der Waals surface area contributed by atoms with Gasteiger partial charge in [-0.2, -0.15) is 0 Å². The first-order chi connectivity index (χ1) is 9.00. The number of aliphatic hydroxyl groups excluding tert-OH is 1. The SMILES string of the molecule is Cc1cc(C(O)C(N)c2ccccc2)cc(C)c1O. The molecule has 0 aliphatic rings. The van der Waals surface area contributed by atoms with Crippen molar-refractivity contribution in [3.63, 3.8) is 0 Å². The third-order valence-electron chi connectivity index (χ3n) is 3.38. The Morgan fingerprint density at radius 1 is 0.947 bits per heavy atom. The lowest BCUT2D eigenvalue weighted by Crippen LogP contribution is -2.19. The molecule has 2 rings (SSSR count). The summed E-state index contributed by atoms with van der Waals surface area (Å²) in [5.41, 5.74) is 9.20. The van der Waals surface area contributed by atoms with Crippen molar-refractivity contribution in [1.82, 2.24) is 0 Å². The first-order valence-corrected chi connectivity index (χ1v) is 6.29. The van der Waals surface area contributed by atoms with Crippen molar-refractivity contribution in [3.05, 3.63) is 64.7 Å². The number of phenols is 1. The number of aromatic hydroxyl groups is 1. The number of hydrogen-bond donors (Lipinski definition) is 3. The monoisotopic (exact) mass is 257 g/mol. The number of nitrogens with two attached hydrogens (primary N) is 1. The van der Waals surface area contributed by atoms with Crippen LogP contribution >= 0.6 is 0 Å². The molecule has 2 unspecified atom stereocenters. The van der Waals surface area contributed by atoms with Gasteiger partial charge in [0.15, 0.2) is 0 Å². The van der Waals surface area contributed by atoms with Gasteiger partial charge in [0.25, 0.3) is 0 Å². The summed E-state index contributed by atoms with van der Waals surface area (Å²) in [6, 6.07) is 12.6. The minimum Gasteiger partial charge on any atom is -0.507 e. The van der Waals surface area contributed by atoms with Gasteiger partial charge in [0.05, 0.1) is 12.1 Å². The van der Waals surface area contributed by atoms with Gasteiger partial charge >= 0.3 is 0 Å². The molecule has 4 N–H and O–H groups in total. The molecule has 0 aromatic heterocycles. The maximum Gasteiger partial charge on any atom is 0.121 e. The predicted molar refractivity (Wildman–Crippen MR) is 75.9 cm³/mol. The third-order valence-corrected chi connectivity index (χ3v) is 3.38. The van der Waals surface area contributed by atoms with Crippen LogP contribution in [-0.4, -0.2) is 10.2 Å². The highest BCUT2D eigenvalue weighted by molar-refractivity contribution is 5.43. The molecule has 2 aromatic carbocycles. The van der Waals surface area contributed by atoms with E-state index in [0.29, 0.717) is 0 Å². The van der Waals surface area contributed by atoms with Crippen molar-refractivity contribution >= 4 is 0 Å². The van der Waals surface area contributed by atoms with Crippen LogP contribution in [0.1, 0.15) is 34.4 Å². The van der Waals surface area contributed by atoms with Gasteiger partial charge in [-0.05, 0) is 48.2 Å². The molecule has 0 bridgehead atoms. The molecule has 0 heterocycles. The van der Waals surface area contributed by atoms with Crippen LogP contribution in [0.25, 0.3) is 0 Å². The molecule has 0 aliphatic heterocycles. The van der Waals surface area contributed by atoms with Gasteiger partial charge in [0, 0.05) is 0 Å². The second-order valence-electron chi connectivity index (χ2n) is 4.88. The van der Waals surface area contributed by atoms with Crippen molar-refractivity contribution in [2.75, 3.05) is 0 Å². The van der Waals surface area contributed by atoms with E-state index in [9.17, 15) is 10.2 Å². The number of benzene rings is 2. The van der Waals surface area contributed by atoms with Crippen LogP contribution < -0.4 is 5.73 Å². The average Bonchev–Trinajstić information content (AvgIpc) is 2.43. The van der Waals surface area contributed by atoms with Crippen LogP contribution in [0.15, 0.2) is 42.5 Å². The summed E-state index contributed by atoms with van der Waals surface area (Å²) < 4.78 is 0. The lowest BCUT2D eigenvalue weighted by molar-refractivity contribution is 0.147. The van der Waals surface area contributed by atoms with Gasteiger partial charge in [-0.15, -0.1) is 0 Å². The van der Waals surface area contributed by atoms with Gasteiger partial charge in [0.1, 0.15) is 5.75 Å². The fourth-order valence-electron chi connectivity index (χ4n) is 2.23. The van der Waals surface area contributed by atoms with Crippen LogP contribution in [0.2, 0.25) is 0 Å². The Balaban J connectivity index is 2.32. The maximum absolute atomic E-state index is 10.4. The zero-order chi connectivity index (χ0) is 14.0. The predicted octanol–water partition coefficient (Wildman–Crippen LogP) is 2.74. The van der Waals surface area contributed by atoms with Crippen molar-refractivity contribution in [1.29, 1.82) is 0 Å². The molecule has 0 amide bonds. The van der Waals surface area contributed by atoms with Crippen LogP contribution in [0.3, 0.4) is 0 Å². The minimum absolute atomic E-state index is 0.268. The second-order valence-corrected chi connectivity index (χ2v) is 4.88. The molecule has 0 spiro atoms. The molecule has 100 valence electrons. The Hall–Kier alpha value is -1.84. The number of hydrogen-bond acceptors (Lipinski definition) is 3. The van der Waals surface area contributed by atoms with E-state index in [1.54, 1.807) is 12.1 Å². The normalized spacial score (nSPS) is 14.1. The minimum atomic E-state index is -0.791. The molecular weight excluding hydrogens is 238 g/mol. The fraction of sp³-hybridized carbons (Fsp3) is 0.250. The highest BCUT2D eigenvalue weighted by Gasteiger charge is 2.19. The van der Waals surface area contributed by atoms with E-state index in [0.717, 1.165) is 22.3 Å². The number of phenolic OH excluding ortho intramolecular Hbond substituents is 1. The first kappa shape index (κ1) is 13.6. The van der Waals surface area contributed by atoms with Crippen LogP contribution in [0, 0.1) is 13.8 Å². The molecule has 3 heteroatoms. The standard InChI is InChI=1S/C16H19NO2/c1-10-8-13(9-11(2)15(10)18)16(19)14(17)12-6-4-3-5-7-12/h3-9,14,16,18-19H,17H2,1-2H3. The second kappa shape index (κ2) is 5.43. The van der Waals surface area contributed by atoms with Gasteiger partial charge in [-0.25, -0.2) is 0 Å². The van der Waals surface area contributed by atoms with E-state index in [1.165, 1.54) is 0 Å². The highest BCUT2D eigenvalue weighted by atomic mass is 16.3. The molecule has 0 radical (unpaired) electrons. The Kier molecular flexibility index (Phi) is 3.88. The van der Waals surface area contributed by atoms with Crippen molar-refractivity contribution in [2.45, 2.75) is 26.0 Å². The summed E-state index contributed by atoms with van der Waals surface area (Å²) in [5.74, 6) is 0.268. The Labute approximate surface area is 113 Å². The van der Waals surface area contributed by atoms with E-state index < -0.39 is 12.1 Å². The summed E-state index contributed by atoms with van der Waals surface area (Å²) in [5, 5.41) is 20.1. The molecule has 0 aliphatic carbocycles. The van der Waals surface area contributed by atoms with E-state index in [-0.39, 0.29) is 5.75 Å². The summed E-state index contributed by atoms with van der Waals surface area (Å²) in [6.45, 7) is 3.62. The molecule has 2 aromatic rings. The van der Waals surface area contributed by atoms with E-state index >= 15 is 0 Å². The summed E-state index contributed by atoms with van der Waals surface area (Å²) in [7, 11) is 0. The van der Waals surface area contributed by atoms with E-state index in [4.69, 9.17) is 5.73 Å². The van der Waals surface area contributed by atoms with E-state index in [1.807, 2.05) is 44.2 Å². The Morgan fingerprint density at radius 2 is 1.47 bits per heavy atom.